The number of nitrogen functional groups attached to an aromatic ring is 2. The van der Waals surface area contributed by atoms with Crippen LogP contribution in [0.5, 0.6) is 0 Å². The summed E-state index contributed by atoms with van der Waals surface area (Å²) in [7, 11) is 0. The smallest absolute Gasteiger partial charge is 0.299 e. The fourth-order valence-corrected chi connectivity index (χ4v) is 2.96. The Hall–Kier alpha value is -4.04. The van der Waals surface area contributed by atoms with Crippen molar-refractivity contribution in [2.24, 2.45) is 0 Å². The summed E-state index contributed by atoms with van der Waals surface area (Å²) in [5, 5.41) is 44.9. The molecule has 0 aromatic heterocycles. The van der Waals surface area contributed by atoms with Crippen LogP contribution in [0.4, 0.5) is 34.1 Å². The van der Waals surface area contributed by atoms with Crippen LogP contribution in [0.3, 0.4) is 0 Å². The van der Waals surface area contributed by atoms with Gasteiger partial charge in [-0.15, -0.1) is 0 Å². The van der Waals surface area contributed by atoms with Gasteiger partial charge in [-0.1, -0.05) is 23.2 Å². The zero-order valence-electron chi connectivity index (χ0n) is 14.3. The summed E-state index contributed by atoms with van der Waals surface area (Å²) in [5.41, 5.74) is 4.85. The molecule has 156 valence electrons. The quantitative estimate of drug-likeness (QED) is 0.362. The molecule has 0 radical (unpaired) electrons. The molecule has 0 unspecified atom stereocenters. The Morgan fingerprint density at radius 3 is 1.03 bits per heavy atom. The minimum Gasteiger partial charge on any atom is -0.388 e. The number of nitrogens with zero attached hydrogens (tertiary/aromatic N) is 4. The highest BCUT2D eigenvalue weighted by atomic mass is 35.5. The van der Waals surface area contributed by atoms with Gasteiger partial charge in [0.2, 0.25) is 0 Å². The number of nitrogens with two attached hydrogens (primary N) is 2. The number of halogens is 2. The molecule has 0 aliphatic carbocycles. The van der Waals surface area contributed by atoms with Gasteiger partial charge in [0.25, 0.3) is 22.7 Å². The van der Waals surface area contributed by atoms with E-state index < -0.39 is 63.9 Å². The standard InChI is InChI=1S/C14H8Cl2N6O8/c15-14(16)11(5-1-7(19(23)24)12(17)8(2-5)20(25)26)6-3-9(21(27)28)13(18)10(4-6)22(29)30/h1-4H,17-18H2. The third-order valence-electron chi connectivity index (χ3n) is 3.83. The average molecular weight is 459 g/mol. The predicted molar refractivity (Wildman–Crippen MR) is 106 cm³/mol. The second-order valence-corrected chi connectivity index (χ2v) is 6.47. The van der Waals surface area contributed by atoms with Crippen molar-refractivity contribution in [3.8, 4) is 0 Å². The van der Waals surface area contributed by atoms with Crippen molar-refractivity contribution >= 4 is 62.9 Å². The lowest BCUT2D eigenvalue weighted by atomic mass is 9.96. The zero-order chi connectivity index (χ0) is 22.9. The number of hydrogen-bond donors (Lipinski definition) is 2. The molecule has 2 rings (SSSR count). The predicted octanol–water partition coefficient (Wildman–Crippen LogP) is 3.68. The van der Waals surface area contributed by atoms with Gasteiger partial charge in [0.1, 0.15) is 4.49 Å². The molecule has 4 N–H and O–H groups in total. The van der Waals surface area contributed by atoms with E-state index in [4.69, 9.17) is 34.7 Å². The van der Waals surface area contributed by atoms with Crippen LogP contribution in [0.2, 0.25) is 0 Å². The Kier molecular flexibility index (Phi) is 6.04. The highest BCUT2D eigenvalue weighted by Gasteiger charge is 2.30. The molecule has 0 heterocycles. The van der Waals surface area contributed by atoms with Crippen LogP contribution < -0.4 is 11.5 Å². The first-order valence-corrected chi connectivity index (χ1v) is 8.13. The van der Waals surface area contributed by atoms with Crippen LogP contribution in [0, 0.1) is 40.5 Å². The summed E-state index contributed by atoms with van der Waals surface area (Å²) in [5.74, 6) is 0. The topological polar surface area (TPSA) is 225 Å². The lowest BCUT2D eigenvalue weighted by Gasteiger charge is -2.11. The Morgan fingerprint density at radius 2 is 0.867 bits per heavy atom. The summed E-state index contributed by atoms with van der Waals surface area (Å²) in [6.07, 6.45) is 0. The molecule has 0 fully saturated rings. The first kappa shape index (κ1) is 22.3. The van der Waals surface area contributed by atoms with Gasteiger partial charge >= 0.3 is 0 Å². The van der Waals surface area contributed by atoms with Crippen molar-refractivity contribution in [1.29, 1.82) is 0 Å². The number of nitro groups is 4. The molecule has 30 heavy (non-hydrogen) atoms. The number of benzene rings is 2. The minimum atomic E-state index is -1.00. The third kappa shape index (κ3) is 4.03. The lowest BCUT2D eigenvalue weighted by Crippen LogP contribution is -2.05. The van der Waals surface area contributed by atoms with Crippen LogP contribution >= 0.6 is 23.2 Å². The largest absolute Gasteiger partial charge is 0.388 e. The molecular formula is C14H8Cl2N6O8. The summed E-state index contributed by atoms with van der Waals surface area (Å²) in [4.78, 5) is 40.9. The van der Waals surface area contributed by atoms with Gasteiger partial charge in [-0.25, -0.2) is 0 Å². The number of anilines is 2. The van der Waals surface area contributed by atoms with Crippen LogP contribution in [-0.2, 0) is 0 Å². The van der Waals surface area contributed by atoms with E-state index >= 15 is 0 Å². The van der Waals surface area contributed by atoms with E-state index in [-0.39, 0.29) is 11.1 Å². The summed E-state index contributed by atoms with van der Waals surface area (Å²) < 4.78 is -0.642. The van der Waals surface area contributed by atoms with E-state index in [1.54, 1.807) is 0 Å². The van der Waals surface area contributed by atoms with E-state index in [0.29, 0.717) is 0 Å². The SMILES string of the molecule is Nc1c([N+](=O)[O-])cc(C(=C(Cl)Cl)c2cc([N+](=O)[O-])c(N)c([N+](=O)[O-])c2)cc1[N+](=O)[O-]. The molecule has 14 nitrogen and oxygen atoms in total. The lowest BCUT2D eigenvalue weighted by molar-refractivity contribution is -0.392. The fraction of sp³-hybridized carbons (Fsp3) is 0. The van der Waals surface area contributed by atoms with Gasteiger partial charge in [0, 0.05) is 29.8 Å². The summed E-state index contributed by atoms with van der Waals surface area (Å²) in [6.45, 7) is 0. The van der Waals surface area contributed by atoms with Gasteiger partial charge < -0.3 is 11.5 Å². The van der Waals surface area contributed by atoms with Crippen molar-refractivity contribution in [1.82, 2.24) is 0 Å². The van der Waals surface area contributed by atoms with Gasteiger partial charge in [0.15, 0.2) is 11.4 Å². The number of nitro benzene ring substituents is 4. The van der Waals surface area contributed by atoms with Gasteiger partial charge in [-0.05, 0) is 11.1 Å². The Labute approximate surface area is 174 Å². The van der Waals surface area contributed by atoms with Crippen LogP contribution in [0.15, 0.2) is 28.8 Å². The van der Waals surface area contributed by atoms with Crippen molar-refractivity contribution in [2.45, 2.75) is 0 Å². The average Bonchev–Trinajstić information content (AvgIpc) is 2.62. The van der Waals surface area contributed by atoms with Gasteiger partial charge in [-0.2, -0.15) is 0 Å². The maximum atomic E-state index is 11.2. The van der Waals surface area contributed by atoms with Crippen molar-refractivity contribution in [2.75, 3.05) is 11.5 Å². The van der Waals surface area contributed by atoms with Crippen molar-refractivity contribution in [3.05, 3.63) is 80.3 Å². The van der Waals surface area contributed by atoms with Crippen molar-refractivity contribution in [3.63, 3.8) is 0 Å². The maximum absolute atomic E-state index is 11.2. The fourth-order valence-electron chi connectivity index (χ4n) is 2.52. The van der Waals surface area contributed by atoms with Gasteiger partial charge in [0.05, 0.1) is 19.7 Å². The zero-order valence-corrected chi connectivity index (χ0v) is 15.8. The molecule has 16 heteroatoms. The first-order valence-electron chi connectivity index (χ1n) is 7.37. The summed E-state index contributed by atoms with van der Waals surface area (Å²) >= 11 is 11.6. The molecule has 2 aromatic rings. The van der Waals surface area contributed by atoms with Crippen LogP contribution in [0.1, 0.15) is 11.1 Å². The second-order valence-electron chi connectivity index (χ2n) is 5.52. The monoisotopic (exact) mass is 458 g/mol. The molecule has 0 atom stereocenters. The molecule has 0 spiro atoms. The first-order chi connectivity index (χ1) is 13.9. The molecule has 2 aromatic carbocycles. The van der Waals surface area contributed by atoms with E-state index in [9.17, 15) is 40.5 Å². The van der Waals surface area contributed by atoms with E-state index in [0.717, 1.165) is 24.3 Å². The number of hydrogen-bond acceptors (Lipinski definition) is 10. The normalized spacial score (nSPS) is 10.3. The third-order valence-corrected chi connectivity index (χ3v) is 4.20. The second kappa shape index (κ2) is 8.14. The molecular weight excluding hydrogens is 451 g/mol. The summed E-state index contributed by atoms with van der Waals surface area (Å²) in [6, 6.07) is 3.15. The Balaban J connectivity index is 2.94. The minimum absolute atomic E-state index is 0.337. The highest BCUT2D eigenvalue weighted by Crippen LogP contribution is 2.42. The Bertz CT molecular complexity index is 1010. The van der Waals surface area contributed by atoms with Crippen LogP contribution in [-0.4, -0.2) is 19.7 Å². The van der Waals surface area contributed by atoms with E-state index in [1.165, 1.54) is 0 Å². The van der Waals surface area contributed by atoms with E-state index in [2.05, 4.69) is 0 Å². The Morgan fingerprint density at radius 1 is 0.633 bits per heavy atom. The molecule has 0 aliphatic rings. The van der Waals surface area contributed by atoms with Crippen molar-refractivity contribution < 1.29 is 19.7 Å². The number of rotatable bonds is 6. The molecule has 0 saturated heterocycles. The molecule has 0 amide bonds. The highest BCUT2D eigenvalue weighted by molar-refractivity contribution is 6.59. The van der Waals surface area contributed by atoms with Gasteiger partial charge in [-0.3, -0.25) is 40.5 Å². The maximum Gasteiger partial charge on any atom is 0.299 e. The molecule has 0 bridgehead atoms. The van der Waals surface area contributed by atoms with E-state index in [1.807, 2.05) is 0 Å². The molecule has 0 aliphatic heterocycles. The molecule has 0 saturated carbocycles. The van der Waals surface area contributed by atoms with Crippen LogP contribution in [0.25, 0.3) is 5.57 Å².